The van der Waals surface area contributed by atoms with Crippen LogP contribution in [0.25, 0.3) is 0 Å². The van der Waals surface area contributed by atoms with Gasteiger partial charge in [0.05, 0.1) is 13.7 Å². The fourth-order valence-electron chi connectivity index (χ4n) is 1.74. The summed E-state index contributed by atoms with van der Waals surface area (Å²) in [6.07, 6.45) is 0. The Hall–Kier alpha value is -2.28. The van der Waals surface area contributed by atoms with Gasteiger partial charge < -0.3 is 19.5 Å². The first-order valence-electron chi connectivity index (χ1n) is 6.37. The van der Waals surface area contributed by atoms with Crippen LogP contribution in [0.1, 0.15) is 0 Å². The summed E-state index contributed by atoms with van der Waals surface area (Å²) in [7, 11) is 4.64. The van der Waals surface area contributed by atoms with Gasteiger partial charge >= 0.3 is 12.0 Å². The van der Waals surface area contributed by atoms with Crippen LogP contribution in [0.4, 0.5) is 10.5 Å². The molecule has 0 radical (unpaired) electrons. The predicted molar refractivity (Wildman–Crippen MR) is 77.9 cm³/mol. The minimum atomic E-state index is -1.07. The topological polar surface area (TPSA) is 79.3 Å². The van der Waals surface area contributed by atoms with E-state index in [2.05, 4.69) is 0 Å². The summed E-state index contributed by atoms with van der Waals surface area (Å²) in [5.41, 5.74) is 0.647. The van der Waals surface area contributed by atoms with E-state index in [1.165, 1.54) is 16.9 Å². The monoisotopic (exact) mass is 296 g/mol. The molecule has 0 aliphatic heterocycles. The van der Waals surface area contributed by atoms with E-state index in [1.54, 1.807) is 38.4 Å². The van der Waals surface area contributed by atoms with Crippen LogP contribution < -0.4 is 9.64 Å². The van der Waals surface area contributed by atoms with Crippen molar-refractivity contribution in [2.24, 2.45) is 0 Å². The molecule has 0 atom stereocenters. The number of hydrogen-bond donors (Lipinski definition) is 1. The number of carbonyl (C=O) groups excluding carboxylic acids is 1. The smallest absolute Gasteiger partial charge is 0.324 e. The number of nitrogens with zero attached hydrogens (tertiary/aromatic N) is 2. The molecule has 0 heterocycles. The first-order chi connectivity index (χ1) is 9.99. The molecular formula is C14H20N2O5. The molecule has 0 saturated carbocycles. The third-order valence-corrected chi connectivity index (χ3v) is 2.91. The van der Waals surface area contributed by atoms with E-state index in [4.69, 9.17) is 14.6 Å². The van der Waals surface area contributed by atoms with Gasteiger partial charge in [0.15, 0.2) is 0 Å². The van der Waals surface area contributed by atoms with Gasteiger partial charge in [-0.15, -0.1) is 0 Å². The van der Waals surface area contributed by atoms with Gasteiger partial charge in [0.1, 0.15) is 12.3 Å². The van der Waals surface area contributed by atoms with Crippen molar-refractivity contribution in [1.82, 2.24) is 4.90 Å². The minimum Gasteiger partial charge on any atom is -0.497 e. The second kappa shape index (κ2) is 8.11. The third kappa shape index (κ3) is 4.96. The van der Waals surface area contributed by atoms with Crippen LogP contribution in [0.15, 0.2) is 24.3 Å². The second-order valence-corrected chi connectivity index (χ2v) is 4.35. The quantitative estimate of drug-likeness (QED) is 0.820. The number of carbonyl (C=O) groups is 2. The zero-order valence-electron chi connectivity index (χ0n) is 12.4. The van der Waals surface area contributed by atoms with Crippen LogP contribution in [-0.2, 0) is 9.53 Å². The highest BCUT2D eigenvalue weighted by Gasteiger charge is 2.21. The van der Waals surface area contributed by atoms with Gasteiger partial charge in [-0.25, -0.2) is 4.79 Å². The van der Waals surface area contributed by atoms with Gasteiger partial charge in [0.2, 0.25) is 0 Å². The van der Waals surface area contributed by atoms with Gasteiger partial charge in [-0.3, -0.25) is 9.69 Å². The fraction of sp³-hybridized carbons (Fsp3) is 0.429. The first kappa shape index (κ1) is 16.8. The lowest BCUT2D eigenvalue weighted by atomic mass is 10.3. The van der Waals surface area contributed by atoms with Crippen molar-refractivity contribution in [3.8, 4) is 5.75 Å². The second-order valence-electron chi connectivity index (χ2n) is 4.35. The van der Waals surface area contributed by atoms with E-state index < -0.39 is 12.0 Å². The molecule has 0 fully saturated rings. The fourth-order valence-corrected chi connectivity index (χ4v) is 1.74. The van der Waals surface area contributed by atoms with Crippen LogP contribution in [-0.4, -0.2) is 63.0 Å². The van der Waals surface area contributed by atoms with E-state index in [-0.39, 0.29) is 19.7 Å². The summed E-state index contributed by atoms with van der Waals surface area (Å²) in [4.78, 5) is 25.8. The van der Waals surface area contributed by atoms with E-state index in [0.717, 1.165) is 0 Å². The standard InChI is InChI=1S/C14H20N2O5/c1-15(11-4-6-12(21-3)7-5-11)14(19)16(8-9-20-2)10-13(17)18/h4-7H,8-10H2,1-3H3,(H,17,18). The van der Waals surface area contributed by atoms with Crippen molar-refractivity contribution in [3.63, 3.8) is 0 Å². The van der Waals surface area contributed by atoms with Crippen LogP contribution in [0.3, 0.4) is 0 Å². The van der Waals surface area contributed by atoms with Gasteiger partial charge in [0, 0.05) is 26.4 Å². The molecule has 7 heteroatoms. The van der Waals surface area contributed by atoms with Crippen LogP contribution in [0.5, 0.6) is 5.75 Å². The SMILES string of the molecule is COCCN(CC(=O)O)C(=O)N(C)c1ccc(OC)cc1. The number of carboxylic acids is 1. The predicted octanol–water partition coefficient (Wildman–Crippen LogP) is 1.28. The Balaban J connectivity index is 2.81. The molecule has 1 N–H and O–H groups in total. The minimum absolute atomic E-state index is 0.210. The maximum Gasteiger partial charge on any atom is 0.324 e. The van der Waals surface area contributed by atoms with Crippen LogP contribution in [0.2, 0.25) is 0 Å². The highest BCUT2D eigenvalue weighted by Crippen LogP contribution is 2.19. The van der Waals surface area contributed by atoms with E-state index in [9.17, 15) is 9.59 Å². The number of urea groups is 1. The number of aliphatic carboxylic acids is 1. The average molecular weight is 296 g/mol. The molecule has 1 rings (SSSR count). The van der Waals surface area contributed by atoms with Crippen molar-refractivity contribution < 1.29 is 24.2 Å². The zero-order chi connectivity index (χ0) is 15.8. The van der Waals surface area contributed by atoms with Crippen molar-refractivity contribution in [2.75, 3.05) is 45.9 Å². The Morgan fingerprint density at radius 3 is 2.29 bits per heavy atom. The molecule has 0 saturated heterocycles. The summed E-state index contributed by atoms with van der Waals surface area (Å²) >= 11 is 0. The van der Waals surface area contributed by atoms with Crippen molar-refractivity contribution in [1.29, 1.82) is 0 Å². The summed E-state index contributed by atoms with van der Waals surface area (Å²) < 4.78 is 9.95. The number of ether oxygens (including phenoxy) is 2. The van der Waals surface area contributed by atoms with Crippen molar-refractivity contribution in [3.05, 3.63) is 24.3 Å². The maximum absolute atomic E-state index is 12.3. The number of methoxy groups -OCH3 is 2. The molecule has 0 spiro atoms. The van der Waals surface area contributed by atoms with Gasteiger partial charge in [-0.05, 0) is 24.3 Å². The highest BCUT2D eigenvalue weighted by molar-refractivity contribution is 5.93. The lowest BCUT2D eigenvalue weighted by Gasteiger charge is -2.27. The maximum atomic E-state index is 12.3. The van der Waals surface area contributed by atoms with E-state index in [1.807, 2.05) is 0 Å². The Labute approximate surface area is 123 Å². The highest BCUT2D eigenvalue weighted by atomic mass is 16.5. The zero-order valence-corrected chi connectivity index (χ0v) is 12.4. The Kier molecular flexibility index (Phi) is 6.48. The van der Waals surface area contributed by atoms with Gasteiger partial charge in [0.25, 0.3) is 0 Å². The molecule has 0 aliphatic carbocycles. The van der Waals surface area contributed by atoms with Crippen molar-refractivity contribution in [2.45, 2.75) is 0 Å². The molecule has 0 aliphatic rings. The molecule has 1 aromatic rings. The summed E-state index contributed by atoms with van der Waals surface area (Å²) in [6.45, 7) is 0.111. The largest absolute Gasteiger partial charge is 0.497 e. The normalized spacial score (nSPS) is 10.0. The number of anilines is 1. The number of carboxylic acid groups (broad SMARTS) is 1. The van der Waals surface area contributed by atoms with Gasteiger partial charge in [-0.2, -0.15) is 0 Å². The number of hydrogen-bond acceptors (Lipinski definition) is 4. The van der Waals surface area contributed by atoms with Crippen molar-refractivity contribution >= 4 is 17.7 Å². The number of rotatable bonds is 7. The molecule has 1 aromatic carbocycles. The summed E-state index contributed by atoms with van der Waals surface area (Å²) in [6, 6.07) is 6.52. The number of benzene rings is 1. The summed E-state index contributed by atoms with van der Waals surface area (Å²) in [5.74, 6) is -0.385. The first-order valence-corrected chi connectivity index (χ1v) is 6.37. The lowest BCUT2D eigenvalue weighted by molar-refractivity contribution is -0.137. The Morgan fingerprint density at radius 1 is 1.19 bits per heavy atom. The average Bonchev–Trinajstić information content (AvgIpc) is 2.49. The van der Waals surface area contributed by atoms with Crippen LogP contribution >= 0.6 is 0 Å². The van der Waals surface area contributed by atoms with E-state index in [0.29, 0.717) is 11.4 Å². The summed E-state index contributed by atoms with van der Waals surface area (Å²) in [5, 5.41) is 8.88. The molecule has 116 valence electrons. The molecule has 0 bridgehead atoms. The molecular weight excluding hydrogens is 276 g/mol. The molecule has 21 heavy (non-hydrogen) atoms. The molecule has 0 unspecified atom stereocenters. The van der Waals surface area contributed by atoms with Gasteiger partial charge in [-0.1, -0.05) is 0 Å². The lowest BCUT2D eigenvalue weighted by Crippen LogP contribution is -2.45. The molecule has 0 aromatic heterocycles. The molecule has 2 amide bonds. The Morgan fingerprint density at radius 2 is 1.81 bits per heavy atom. The third-order valence-electron chi connectivity index (χ3n) is 2.91. The van der Waals surface area contributed by atoms with E-state index >= 15 is 0 Å². The number of amides is 2. The molecule has 7 nitrogen and oxygen atoms in total. The van der Waals surface area contributed by atoms with Crippen LogP contribution in [0, 0.1) is 0 Å². The Bertz CT molecular complexity index is 475.